The summed E-state index contributed by atoms with van der Waals surface area (Å²) in [5.74, 6) is -1.69. The van der Waals surface area contributed by atoms with Crippen molar-refractivity contribution in [2.45, 2.75) is 6.04 Å². The first kappa shape index (κ1) is 19.6. The van der Waals surface area contributed by atoms with Crippen molar-refractivity contribution in [2.75, 3.05) is 13.7 Å². The van der Waals surface area contributed by atoms with Gasteiger partial charge in [0.25, 0.3) is 11.8 Å². The fourth-order valence-corrected chi connectivity index (χ4v) is 2.52. The van der Waals surface area contributed by atoms with Gasteiger partial charge in [0, 0.05) is 5.56 Å². The Hall–Kier alpha value is -1.46. The van der Waals surface area contributed by atoms with E-state index in [1.807, 2.05) is 0 Å². The zero-order valence-electron chi connectivity index (χ0n) is 12.4. The van der Waals surface area contributed by atoms with E-state index in [-0.39, 0.29) is 39.6 Å². The summed E-state index contributed by atoms with van der Waals surface area (Å²) in [5.41, 5.74) is 0.390. The van der Waals surface area contributed by atoms with Gasteiger partial charge in [0.1, 0.15) is 13.2 Å². The van der Waals surface area contributed by atoms with Crippen LogP contribution in [0.25, 0.3) is 0 Å². The van der Waals surface area contributed by atoms with E-state index >= 15 is 0 Å². The third kappa shape index (κ3) is 4.52. The second-order valence-corrected chi connectivity index (χ2v) is 5.64. The van der Waals surface area contributed by atoms with Gasteiger partial charge in [-0.3, -0.25) is 9.59 Å². The summed E-state index contributed by atoms with van der Waals surface area (Å²) >= 11 is 0. The number of hydrogen-bond donors (Lipinski definition) is 1. The van der Waals surface area contributed by atoms with Crippen LogP contribution in [-0.4, -0.2) is 54.5 Å². The Morgan fingerprint density at radius 2 is 2.00 bits per heavy atom. The van der Waals surface area contributed by atoms with Crippen molar-refractivity contribution >= 4 is 27.8 Å². The van der Waals surface area contributed by atoms with Crippen LogP contribution in [0.3, 0.4) is 0 Å². The van der Waals surface area contributed by atoms with Crippen molar-refractivity contribution in [3.63, 3.8) is 0 Å². The molecule has 0 radical (unpaired) electrons. The summed E-state index contributed by atoms with van der Waals surface area (Å²) in [7, 11) is -3.58. The normalized spacial score (nSPS) is 17.8. The van der Waals surface area contributed by atoms with Gasteiger partial charge in [-0.1, -0.05) is 35.5 Å². The standard InChI is InChI=1S/C12H13N3O6S.Na/c1-21-14-10(8-5-3-2-4-6-8)11(16)13-9-7-15(12(9)17)22(18,19)20;/h2-6,9H,7H2,1H3,(H,13,16)(H,18,19,20);/q;+1/p-1. The number of oxime groups is 1. The van der Waals surface area contributed by atoms with Crippen molar-refractivity contribution < 1.29 is 57.0 Å². The summed E-state index contributed by atoms with van der Waals surface area (Å²) in [4.78, 5) is 28.2. The number of carbonyl (C=O) groups excluding carboxylic acids is 2. The maximum absolute atomic E-state index is 12.1. The first-order valence-corrected chi connectivity index (χ1v) is 7.46. The molecule has 1 aliphatic heterocycles. The van der Waals surface area contributed by atoms with E-state index in [4.69, 9.17) is 0 Å². The second-order valence-electron chi connectivity index (χ2n) is 4.34. The molecule has 0 bridgehead atoms. The first-order chi connectivity index (χ1) is 10.3. The molecule has 1 N–H and O–H groups in total. The van der Waals surface area contributed by atoms with Crippen LogP contribution in [0.4, 0.5) is 0 Å². The van der Waals surface area contributed by atoms with Crippen molar-refractivity contribution in [1.82, 2.24) is 9.62 Å². The average Bonchev–Trinajstić information content (AvgIpc) is 2.47. The van der Waals surface area contributed by atoms with Gasteiger partial charge in [-0.25, -0.2) is 12.7 Å². The SMILES string of the molecule is CON=C(C(=O)NC1CN(S(=O)(=O)[O-])C1=O)c1ccccc1.[Na+]. The fourth-order valence-electron chi connectivity index (χ4n) is 1.84. The average molecular weight is 349 g/mol. The molecular weight excluding hydrogens is 337 g/mol. The number of rotatable bonds is 5. The zero-order chi connectivity index (χ0) is 16.3. The van der Waals surface area contributed by atoms with E-state index in [0.29, 0.717) is 5.56 Å². The number of hydrogen-bond acceptors (Lipinski definition) is 7. The van der Waals surface area contributed by atoms with E-state index in [1.54, 1.807) is 30.3 Å². The number of nitrogens with zero attached hydrogens (tertiary/aromatic N) is 2. The molecule has 1 aromatic carbocycles. The van der Waals surface area contributed by atoms with Gasteiger partial charge in [0.05, 0.1) is 6.54 Å². The van der Waals surface area contributed by atoms with Crippen LogP contribution in [0, 0.1) is 0 Å². The molecule has 2 rings (SSSR count). The van der Waals surface area contributed by atoms with Gasteiger partial charge >= 0.3 is 29.6 Å². The van der Waals surface area contributed by atoms with Gasteiger partial charge in [-0.05, 0) is 0 Å². The Morgan fingerprint density at radius 3 is 2.48 bits per heavy atom. The monoisotopic (exact) mass is 349 g/mol. The number of β-lactam (4-membered cyclic amide) rings is 1. The Labute approximate surface area is 154 Å². The minimum atomic E-state index is -4.84. The maximum Gasteiger partial charge on any atom is 1.00 e. The van der Waals surface area contributed by atoms with Gasteiger partial charge in [-0.2, -0.15) is 0 Å². The van der Waals surface area contributed by atoms with Crippen LogP contribution in [0.5, 0.6) is 0 Å². The molecule has 1 aromatic rings. The van der Waals surface area contributed by atoms with Gasteiger partial charge in [0.2, 0.25) is 0 Å². The summed E-state index contributed by atoms with van der Waals surface area (Å²) in [6, 6.07) is 7.28. The Balaban J connectivity index is 0.00000264. The Bertz CT molecular complexity index is 722. The maximum atomic E-state index is 12.1. The Morgan fingerprint density at radius 1 is 1.39 bits per heavy atom. The van der Waals surface area contributed by atoms with E-state index in [0.717, 1.165) is 0 Å². The molecule has 118 valence electrons. The molecule has 1 atom stereocenters. The molecular formula is C12H12N3NaO6S. The molecule has 0 spiro atoms. The largest absolute Gasteiger partial charge is 1.00 e. The van der Waals surface area contributed by atoms with Crippen molar-refractivity contribution in [2.24, 2.45) is 5.16 Å². The van der Waals surface area contributed by atoms with Crippen molar-refractivity contribution in [3.05, 3.63) is 35.9 Å². The summed E-state index contributed by atoms with van der Waals surface area (Å²) in [6.45, 7) is -0.397. The minimum absolute atomic E-state index is 0. The topological polar surface area (TPSA) is 128 Å². The summed E-state index contributed by atoms with van der Waals surface area (Å²) < 4.78 is 32.3. The first-order valence-electron chi connectivity index (χ1n) is 6.09. The molecule has 1 fully saturated rings. The zero-order valence-corrected chi connectivity index (χ0v) is 15.2. The Kier molecular flexibility index (Phi) is 6.71. The predicted molar refractivity (Wildman–Crippen MR) is 73.3 cm³/mol. The smallest absolute Gasteiger partial charge is 0.731 e. The van der Waals surface area contributed by atoms with E-state index in [1.165, 1.54) is 7.11 Å². The molecule has 9 nitrogen and oxygen atoms in total. The van der Waals surface area contributed by atoms with Crippen molar-refractivity contribution in [1.29, 1.82) is 0 Å². The van der Waals surface area contributed by atoms with E-state index in [9.17, 15) is 22.6 Å². The minimum Gasteiger partial charge on any atom is -0.731 e. The second kappa shape index (κ2) is 7.88. The molecule has 1 heterocycles. The molecule has 1 aliphatic rings. The third-order valence-electron chi connectivity index (χ3n) is 2.91. The van der Waals surface area contributed by atoms with Gasteiger partial charge < -0.3 is 14.7 Å². The molecule has 1 unspecified atom stereocenters. The summed E-state index contributed by atoms with van der Waals surface area (Å²) in [5, 5.41) is 5.91. The van der Waals surface area contributed by atoms with Crippen LogP contribution in [0.1, 0.15) is 5.56 Å². The molecule has 0 saturated carbocycles. The third-order valence-corrected chi connectivity index (χ3v) is 3.78. The molecule has 0 aromatic heterocycles. The number of benzene rings is 1. The van der Waals surface area contributed by atoms with Gasteiger partial charge in [-0.15, -0.1) is 0 Å². The number of amides is 2. The predicted octanol–water partition coefficient (Wildman–Crippen LogP) is -4.17. The van der Waals surface area contributed by atoms with Crippen LogP contribution in [-0.2, 0) is 24.7 Å². The quantitative estimate of drug-likeness (QED) is 0.189. The summed E-state index contributed by atoms with van der Waals surface area (Å²) in [6.07, 6.45) is 0. The molecule has 2 amide bonds. The number of carbonyl (C=O) groups is 2. The van der Waals surface area contributed by atoms with Crippen LogP contribution in [0.2, 0.25) is 0 Å². The van der Waals surface area contributed by atoms with E-state index in [2.05, 4.69) is 15.3 Å². The molecule has 1 saturated heterocycles. The van der Waals surface area contributed by atoms with Crippen LogP contribution in [0.15, 0.2) is 35.5 Å². The van der Waals surface area contributed by atoms with E-state index < -0.39 is 34.7 Å². The van der Waals surface area contributed by atoms with Crippen LogP contribution < -0.4 is 34.9 Å². The van der Waals surface area contributed by atoms with Gasteiger partial charge in [0.15, 0.2) is 16.0 Å². The molecule has 11 heteroatoms. The van der Waals surface area contributed by atoms with Crippen LogP contribution >= 0.6 is 0 Å². The number of nitrogens with one attached hydrogen (secondary N) is 1. The molecule has 23 heavy (non-hydrogen) atoms. The fraction of sp³-hybridized carbons (Fsp3) is 0.250. The molecule has 0 aliphatic carbocycles. The van der Waals surface area contributed by atoms with Crippen molar-refractivity contribution in [3.8, 4) is 0 Å².